The zero-order valence-corrected chi connectivity index (χ0v) is 18.8. The molecule has 2 fully saturated rings. The molecule has 0 saturated carbocycles. The van der Waals surface area contributed by atoms with Crippen molar-refractivity contribution in [2.24, 2.45) is 0 Å². The third-order valence-corrected chi connectivity index (χ3v) is 7.33. The number of β-amino-alcohol motifs (C(OH)–C–C–N with tert-alkyl or cyclic N) is 1. The van der Waals surface area contributed by atoms with Crippen molar-refractivity contribution in [2.75, 3.05) is 38.1 Å². The van der Waals surface area contributed by atoms with Gasteiger partial charge in [-0.15, -0.1) is 0 Å². The van der Waals surface area contributed by atoms with Crippen LogP contribution in [0.4, 0.5) is 5.69 Å². The van der Waals surface area contributed by atoms with Crippen LogP contribution in [0.25, 0.3) is 0 Å². The second-order valence-corrected chi connectivity index (χ2v) is 9.51. The highest BCUT2D eigenvalue weighted by Gasteiger charge is 2.45. The maximum Gasteiger partial charge on any atom is 0.253 e. The fraction of sp³-hybridized carbons (Fsp3) is 0.458. The number of rotatable bonds is 3. The van der Waals surface area contributed by atoms with E-state index in [9.17, 15) is 15.0 Å². The van der Waals surface area contributed by atoms with Crippen LogP contribution in [-0.2, 0) is 6.42 Å². The van der Waals surface area contributed by atoms with Crippen molar-refractivity contribution in [1.82, 2.24) is 10.2 Å². The molecular formula is C24H28ClN3O4. The molecule has 1 unspecified atom stereocenters. The SMILES string of the molecule is CNC(=O)c1ccc(O)cc1N1CC(N2CCC3(CC2)Cc2cc(Cl)ccc2O3)[C@H](O)C1. The maximum absolute atomic E-state index is 12.3. The van der Waals surface area contributed by atoms with Crippen LogP contribution in [0.3, 0.4) is 0 Å². The van der Waals surface area contributed by atoms with Gasteiger partial charge in [-0.1, -0.05) is 11.6 Å². The van der Waals surface area contributed by atoms with Crippen LogP contribution in [0.15, 0.2) is 36.4 Å². The Hall–Kier alpha value is -2.48. The lowest BCUT2D eigenvalue weighted by Crippen LogP contribution is -2.53. The number of anilines is 1. The quantitative estimate of drug-likeness (QED) is 0.656. The van der Waals surface area contributed by atoms with Gasteiger partial charge in [0.25, 0.3) is 5.91 Å². The Morgan fingerprint density at radius 3 is 2.72 bits per heavy atom. The zero-order chi connectivity index (χ0) is 22.5. The van der Waals surface area contributed by atoms with Crippen molar-refractivity contribution in [3.05, 3.63) is 52.5 Å². The number of hydrogen-bond acceptors (Lipinski definition) is 6. The number of phenols is 1. The van der Waals surface area contributed by atoms with Gasteiger partial charge in [0.2, 0.25) is 0 Å². The highest BCUT2D eigenvalue weighted by atomic mass is 35.5. The summed E-state index contributed by atoms with van der Waals surface area (Å²) in [5.74, 6) is 0.819. The van der Waals surface area contributed by atoms with E-state index in [-0.39, 0.29) is 23.3 Å². The summed E-state index contributed by atoms with van der Waals surface area (Å²) in [6.07, 6.45) is 2.11. The fourth-order valence-electron chi connectivity index (χ4n) is 5.38. The summed E-state index contributed by atoms with van der Waals surface area (Å²) in [5.41, 5.74) is 2.12. The number of carbonyl (C=O) groups is 1. The van der Waals surface area contributed by atoms with Crippen LogP contribution in [0.1, 0.15) is 28.8 Å². The molecule has 3 aliphatic heterocycles. The Morgan fingerprint density at radius 1 is 1.19 bits per heavy atom. The van der Waals surface area contributed by atoms with Gasteiger partial charge in [0.15, 0.2) is 0 Å². The minimum atomic E-state index is -0.538. The molecule has 2 saturated heterocycles. The minimum Gasteiger partial charge on any atom is -0.508 e. The zero-order valence-electron chi connectivity index (χ0n) is 18.1. The Morgan fingerprint density at radius 2 is 1.97 bits per heavy atom. The number of piperidine rings is 1. The number of aliphatic hydroxyl groups is 1. The van der Waals surface area contributed by atoms with Crippen LogP contribution in [0.2, 0.25) is 5.02 Å². The Kier molecular flexibility index (Phi) is 5.43. The van der Waals surface area contributed by atoms with Crippen molar-refractivity contribution in [3.63, 3.8) is 0 Å². The van der Waals surface area contributed by atoms with Crippen molar-refractivity contribution in [2.45, 2.75) is 37.0 Å². The Bertz CT molecular complexity index is 1040. The average molecular weight is 458 g/mol. The molecule has 3 N–H and O–H groups in total. The summed E-state index contributed by atoms with van der Waals surface area (Å²) in [7, 11) is 1.58. The first-order chi connectivity index (χ1) is 15.4. The summed E-state index contributed by atoms with van der Waals surface area (Å²) in [4.78, 5) is 16.6. The number of aliphatic hydroxyl groups excluding tert-OH is 1. The normalized spacial score (nSPS) is 24.4. The number of amides is 1. The fourth-order valence-corrected chi connectivity index (χ4v) is 5.57. The Balaban J connectivity index is 1.27. The van der Waals surface area contributed by atoms with E-state index >= 15 is 0 Å². The van der Waals surface area contributed by atoms with Gasteiger partial charge in [0.05, 0.1) is 23.4 Å². The van der Waals surface area contributed by atoms with Gasteiger partial charge in [-0.25, -0.2) is 0 Å². The van der Waals surface area contributed by atoms with E-state index in [4.69, 9.17) is 16.3 Å². The molecule has 170 valence electrons. The molecule has 2 aromatic rings. The number of carbonyl (C=O) groups excluding carboxylic acids is 1. The predicted octanol–water partition coefficient (Wildman–Crippen LogP) is 2.42. The first kappa shape index (κ1) is 21.4. The van der Waals surface area contributed by atoms with E-state index in [0.717, 1.165) is 43.1 Å². The molecular weight excluding hydrogens is 430 g/mol. The predicted molar refractivity (Wildman–Crippen MR) is 123 cm³/mol. The van der Waals surface area contributed by atoms with Gasteiger partial charge < -0.3 is 25.2 Å². The average Bonchev–Trinajstić information content (AvgIpc) is 3.33. The summed E-state index contributed by atoms with van der Waals surface area (Å²) in [6, 6.07) is 10.5. The van der Waals surface area contributed by atoms with Crippen molar-refractivity contribution in [1.29, 1.82) is 0 Å². The van der Waals surface area contributed by atoms with Crippen LogP contribution in [0.5, 0.6) is 11.5 Å². The molecule has 3 heterocycles. The standard InChI is InChI=1S/C24H28ClN3O4/c1-26-23(31)18-4-3-17(29)11-19(18)28-13-20(21(30)14-28)27-8-6-24(7-9-27)12-15-10-16(25)2-5-22(15)32-24/h2-5,10-11,20-21,29-30H,6-9,12-14H2,1H3,(H,26,31)/t20?,21-/m1/s1. The van der Waals surface area contributed by atoms with Crippen molar-refractivity contribution in [3.8, 4) is 11.5 Å². The molecule has 8 heteroatoms. The summed E-state index contributed by atoms with van der Waals surface area (Å²) >= 11 is 6.15. The van der Waals surface area contributed by atoms with Gasteiger partial charge >= 0.3 is 0 Å². The van der Waals surface area contributed by atoms with E-state index in [1.54, 1.807) is 19.2 Å². The van der Waals surface area contributed by atoms with E-state index in [1.165, 1.54) is 11.6 Å². The molecule has 0 aromatic heterocycles. The van der Waals surface area contributed by atoms with Crippen LogP contribution >= 0.6 is 11.6 Å². The summed E-state index contributed by atoms with van der Waals surface area (Å²) in [5, 5.41) is 24.2. The maximum atomic E-state index is 12.3. The molecule has 0 bridgehead atoms. The molecule has 32 heavy (non-hydrogen) atoms. The van der Waals surface area contributed by atoms with Crippen molar-refractivity contribution < 1.29 is 19.7 Å². The van der Waals surface area contributed by atoms with Gasteiger partial charge in [-0.3, -0.25) is 9.69 Å². The number of fused-ring (bicyclic) bond motifs is 1. The summed E-state index contributed by atoms with van der Waals surface area (Å²) in [6.45, 7) is 2.68. The number of likely N-dealkylation sites (tertiary alicyclic amines) is 1. The lowest BCUT2D eigenvalue weighted by Gasteiger charge is -2.41. The molecule has 2 aromatic carbocycles. The van der Waals surface area contributed by atoms with Crippen LogP contribution in [-0.4, -0.2) is 72.0 Å². The lowest BCUT2D eigenvalue weighted by atomic mass is 9.86. The number of hydrogen-bond donors (Lipinski definition) is 3. The van der Waals surface area contributed by atoms with Crippen molar-refractivity contribution >= 4 is 23.2 Å². The Labute approximate surface area is 192 Å². The molecule has 1 amide bonds. The first-order valence-electron chi connectivity index (χ1n) is 11.1. The van der Waals surface area contributed by atoms with Crippen LogP contribution < -0.4 is 15.0 Å². The van der Waals surface area contributed by atoms with E-state index < -0.39 is 6.10 Å². The second-order valence-electron chi connectivity index (χ2n) is 9.07. The molecule has 7 nitrogen and oxygen atoms in total. The van der Waals surface area contributed by atoms with E-state index in [0.29, 0.717) is 24.3 Å². The molecule has 5 rings (SSSR count). The van der Waals surface area contributed by atoms with Gasteiger partial charge in [0.1, 0.15) is 17.1 Å². The number of aromatic hydroxyl groups is 1. The van der Waals surface area contributed by atoms with Gasteiger partial charge in [-0.2, -0.15) is 0 Å². The third-order valence-electron chi connectivity index (χ3n) is 7.09. The monoisotopic (exact) mass is 457 g/mol. The van der Waals surface area contributed by atoms with E-state index in [2.05, 4.69) is 10.2 Å². The smallest absolute Gasteiger partial charge is 0.253 e. The van der Waals surface area contributed by atoms with Gasteiger partial charge in [-0.05, 0) is 35.9 Å². The van der Waals surface area contributed by atoms with E-state index in [1.807, 2.05) is 23.1 Å². The van der Waals surface area contributed by atoms with Crippen LogP contribution in [0, 0.1) is 0 Å². The highest BCUT2D eigenvalue weighted by Crippen LogP contribution is 2.42. The molecule has 1 spiro atoms. The largest absolute Gasteiger partial charge is 0.508 e. The number of halogens is 1. The lowest BCUT2D eigenvalue weighted by molar-refractivity contribution is -0.0107. The summed E-state index contributed by atoms with van der Waals surface area (Å²) < 4.78 is 6.36. The molecule has 0 radical (unpaired) electrons. The number of ether oxygens (including phenoxy) is 1. The first-order valence-corrected chi connectivity index (χ1v) is 11.4. The molecule has 2 atom stereocenters. The molecule has 3 aliphatic rings. The number of nitrogens with zero attached hydrogens (tertiary/aromatic N) is 2. The minimum absolute atomic E-state index is 0.0366. The second kappa shape index (κ2) is 8.14. The number of benzene rings is 2. The topological polar surface area (TPSA) is 85.3 Å². The highest BCUT2D eigenvalue weighted by molar-refractivity contribution is 6.30. The third kappa shape index (κ3) is 3.78. The number of nitrogens with one attached hydrogen (secondary N) is 1. The van der Waals surface area contributed by atoms with Gasteiger partial charge in [0, 0.05) is 63.6 Å². The molecule has 0 aliphatic carbocycles. The number of phenolic OH excluding ortho intramolecular Hbond substituents is 1.